The topological polar surface area (TPSA) is 58.0 Å². The Bertz CT molecular complexity index is 721. The summed E-state index contributed by atoms with van der Waals surface area (Å²) in [5.74, 6) is 2.10. The molecule has 0 radical (unpaired) electrons. The van der Waals surface area contributed by atoms with Gasteiger partial charge < -0.3 is 9.80 Å². The Morgan fingerprint density at radius 1 is 0.913 bits per heavy atom. The lowest BCUT2D eigenvalue weighted by Crippen LogP contribution is -2.47. The highest BCUT2D eigenvalue weighted by Gasteiger charge is 2.22. The van der Waals surface area contributed by atoms with Crippen molar-refractivity contribution in [1.82, 2.24) is 20.2 Å². The van der Waals surface area contributed by atoms with Crippen LogP contribution in [0.5, 0.6) is 0 Å². The minimum absolute atomic E-state index is 0.954. The summed E-state index contributed by atoms with van der Waals surface area (Å²) in [6.45, 7) is 7.96. The van der Waals surface area contributed by atoms with Gasteiger partial charge in [0.25, 0.3) is 0 Å². The summed E-state index contributed by atoms with van der Waals surface area (Å²) in [6, 6.07) is 2.24. The predicted molar refractivity (Wildman–Crippen MR) is 90.0 cm³/mol. The van der Waals surface area contributed by atoms with E-state index in [1.807, 2.05) is 6.92 Å². The van der Waals surface area contributed by atoms with Crippen LogP contribution in [0.1, 0.15) is 28.9 Å². The summed E-state index contributed by atoms with van der Waals surface area (Å²) >= 11 is 0. The molecule has 0 aromatic carbocycles. The maximum atomic E-state index is 4.48. The Balaban J connectivity index is 1.48. The van der Waals surface area contributed by atoms with Crippen molar-refractivity contribution in [3.8, 4) is 0 Å². The molecule has 120 valence electrons. The van der Waals surface area contributed by atoms with Crippen LogP contribution in [-0.4, -0.2) is 46.3 Å². The zero-order valence-corrected chi connectivity index (χ0v) is 13.8. The number of hydrogen-bond acceptors (Lipinski definition) is 6. The van der Waals surface area contributed by atoms with Crippen molar-refractivity contribution >= 4 is 11.6 Å². The number of fused-ring (bicyclic) bond motifs is 1. The molecule has 0 atom stereocenters. The minimum atomic E-state index is 0.954. The third-order valence-corrected chi connectivity index (χ3v) is 5.02. The van der Waals surface area contributed by atoms with Gasteiger partial charge in [0.2, 0.25) is 0 Å². The van der Waals surface area contributed by atoms with Gasteiger partial charge in [-0.25, -0.2) is 9.97 Å². The highest BCUT2D eigenvalue weighted by atomic mass is 15.3. The van der Waals surface area contributed by atoms with Gasteiger partial charge in [-0.1, -0.05) is 0 Å². The molecule has 0 bridgehead atoms. The van der Waals surface area contributed by atoms with Crippen LogP contribution in [0.25, 0.3) is 0 Å². The summed E-state index contributed by atoms with van der Waals surface area (Å²) in [6.07, 6.45) is 5.11. The molecule has 1 saturated heterocycles. The first-order chi connectivity index (χ1) is 11.2. The van der Waals surface area contributed by atoms with Crippen molar-refractivity contribution in [2.75, 3.05) is 36.0 Å². The van der Waals surface area contributed by atoms with Gasteiger partial charge in [-0.2, -0.15) is 5.10 Å². The average Bonchev–Trinajstić information content (AvgIpc) is 3.05. The van der Waals surface area contributed by atoms with E-state index < -0.39 is 0 Å². The summed E-state index contributed by atoms with van der Waals surface area (Å²) < 4.78 is 0. The first-order valence-electron chi connectivity index (χ1n) is 8.36. The number of rotatable bonds is 2. The van der Waals surface area contributed by atoms with Gasteiger partial charge in [0, 0.05) is 37.4 Å². The van der Waals surface area contributed by atoms with Crippen LogP contribution in [0, 0.1) is 13.8 Å². The maximum Gasteiger partial charge on any atom is 0.151 e. The fraction of sp³-hybridized carbons (Fsp3) is 0.529. The largest absolute Gasteiger partial charge is 0.353 e. The normalized spacial score (nSPS) is 17.5. The molecular weight excluding hydrogens is 288 g/mol. The van der Waals surface area contributed by atoms with Crippen LogP contribution >= 0.6 is 0 Å². The molecular formula is C17H22N6. The van der Waals surface area contributed by atoms with Crippen molar-refractivity contribution in [2.24, 2.45) is 0 Å². The van der Waals surface area contributed by atoms with Gasteiger partial charge >= 0.3 is 0 Å². The monoisotopic (exact) mass is 310 g/mol. The number of aromatic nitrogens is 4. The van der Waals surface area contributed by atoms with Crippen molar-refractivity contribution < 1.29 is 0 Å². The Morgan fingerprint density at radius 2 is 1.70 bits per heavy atom. The van der Waals surface area contributed by atoms with E-state index in [1.54, 1.807) is 6.33 Å². The quantitative estimate of drug-likeness (QED) is 0.841. The predicted octanol–water partition coefficient (Wildman–Crippen LogP) is 1.70. The highest BCUT2D eigenvalue weighted by molar-refractivity contribution is 5.50. The number of piperazine rings is 1. The van der Waals surface area contributed by atoms with Gasteiger partial charge in [-0.3, -0.25) is 0 Å². The molecule has 3 heterocycles. The fourth-order valence-electron chi connectivity index (χ4n) is 3.46. The van der Waals surface area contributed by atoms with Crippen molar-refractivity contribution in [3.63, 3.8) is 0 Å². The van der Waals surface area contributed by atoms with Crippen LogP contribution in [0.2, 0.25) is 0 Å². The molecule has 2 aromatic heterocycles. The molecule has 2 aliphatic rings. The standard InChI is InChI=1S/C17H22N6/c1-12-13(2)18-11-19-17(12)23-8-6-22(7-9-23)16-10-14-4-3-5-15(14)20-21-16/h10-11H,3-9H2,1-2H3. The summed E-state index contributed by atoms with van der Waals surface area (Å²) in [7, 11) is 0. The zero-order chi connectivity index (χ0) is 15.8. The lowest BCUT2D eigenvalue weighted by Gasteiger charge is -2.36. The Morgan fingerprint density at radius 3 is 2.52 bits per heavy atom. The van der Waals surface area contributed by atoms with Crippen molar-refractivity contribution in [1.29, 1.82) is 0 Å². The van der Waals surface area contributed by atoms with E-state index in [9.17, 15) is 0 Å². The molecule has 0 N–H and O–H groups in total. The molecule has 0 unspecified atom stereocenters. The Labute approximate surface area is 136 Å². The fourth-order valence-corrected chi connectivity index (χ4v) is 3.46. The van der Waals surface area contributed by atoms with Gasteiger partial charge in [0.15, 0.2) is 5.82 Å². The molecule has 1 aliphatic heterocycles. The minimum Gasteiger partial charge on any atom is -0.353 e. The average molecular weight is 310 g/mol. The maximum absolute atomic E-state index is 4.48. The van der Waals surface area contributed by atoms with E-state index in [-0.39, 0.29) is 0 Å². The van der Waals surface area contributed by atoms with Crippen LogP contribution in [0.3, 0.4) is 0 Å². The van der Waals surface area contributed by atoms with Crippen LogP contribution in [0.15, 0.2) is 12.4 Å². The molecule has 0 amide bonds. The summed E-state index contributed by atoms with van der Waals surface area (Å²) in [5, 5.41) is 8.85. The molecule has 4 rings (SSSR count). The molecule has 23 heavy (non-hydrogen) atoms. The summed E-state index contributed by atoms with van der Waals surface area (Å²) in [4.78, 5) is 13.4. The van der Waals surface area contributed by atoms with E-state index in [0.717, 1.165) is 56.4 Å². The molecule has 0 saturated carbocycles. The van der Waals surface area contributed by atoms with E-state index in [0.29, 0.717) is 0 Å². The third-order valence-electron chi connectivity index (χ3n) is 5.02. The molecule has 1 aliphatic carbocycles. The van der Waals surface area contributed by atoms with Crippen LogP contribution in [0.4, 0.5) is 11.6 Å². The number of nitrogens with zero attached hydrogens (tertiary/aromatic N) is 6. The second-order valence-corrected chi connectivity index (χ2v) is 6.41. The third kappa shape index (κ3) is 2.62. The van der Waals surface area contributed by atoms with Crippen molar-refractivity contribution in [3.05, 3.63) is 34.9 Å². The van der Waals surface area contributed by atoms with Gasteiger partial charge in [0.1, 0.15) is 12.1 Å². The smallest absolute Gasteiger partial charge is 0.151 e. The molecule has 6 heteroatoms. The first kappa shape index (κ1) is 14.4. The molecule has 6 nitrogen and oxygen atoms in total. The Kier molecular flexibility index (Phi) is 3.59. The lowest BCUT2D eigenvalue weighted by atomic mass is 10.2. The lowest BCUT2D eigenvalue weighted by molar-refractivity contribution is 0.634. The van der Waals surface area contributed by atoms with E-state index >= 15 is 0 Å². The SMILES string of the molecule is Cc1ncnc(N2CCN(c3cc4c(nn3)CCC4)CC2)c1C. The second kappa shape index (κ2) is 5.76. The van der Waals surface area contributed by atoms with Gasteiger partial charge in [-0.05, 0) is 44.7 Å². The zero-order valence-electron chi connectivity index (χ0n) is 13.8. The number of hydrogen-bond donors (Lipinski definition) is 0. The van der Waals surface area contributed by atoms with Gasteiger partial charge in [0.05, 0.1) is 5.69 Å². The van der Waals surface area contributed by atoms with E-state index in [4.69, 9.17) is 0 Å². The summed E-state index contributed by atoms with van der Waals surface area (Å²) in [5.41, 5.74) is 4.82. The Hall–Kier alpha value is -2.24. The molecule has 2 aromatic rings. The number of aryl methyl sites for hydroxylation is 3. The number of anilines is 2. The second-order valence-electron chi connectivity index (χ2n) is 6.41. The molecule has 0 spiro atoms. The van der Waals surface area contributed by atoms with E-state index in [1.165, 1.54) is 23.2 Å². The van der Waals surface area contributed by atoms with Crippen LogP contribution in [-0.2, 0) is 12.8 Å². The molecule has 1 fully saturated rings. The van der Waals surface area contributed by atoms with Gasteiger partial charge in [-0.15, -0.1) is 5.10 Å². The first-order valence-corrected chi connectivity index (χ1v) is 8.36. The van der Waals surface area contributed by atoms with Crippen molar-refractivity contribution in [2.45, 2.75) is 33.1 Å². The highest BCUT2D eigenvalue weighted by Crippen LogP contribution is 2.25. The van der Waals surface area contributed by atoms with Crippen LogP contribution < -0.4 is 9.80 Å². The van der Waals surface area contributed by atoms with E-state index in [2.05, 4.69) is 43.0 Å².